The highest BCUT2D eigenvalue weighted by atomic mass is 16.1. The Bertz CT molecular complexity index is 712. The smallest absolute Gasteiger partial charge is 0.253 e. The molecule has 2 aromatic rings. The summed E-state index contributed by atoms with van der Waals surface area (Å²) in [6.45, 7) is 5.38. The van der Waals surface area contributed by atoms with Gasteiger partial charge in [-0.1, -0.05) is 43.2 Å². The number of amides is 1. The first kappa shape index (κ1) is 16.8. The second kappa shape index (κ2) is 6.81. The number of nitrogens with two attached hydrogens (primary N) is 1. The van der Waals surface area contributed by atoms with Crippen LogP contribution >= 0.6 is 0 Å². The van der Waals surface area contributed by atoms with E-state index in [9.17, 15) is 4.79 Å². The van der Waals surface area contributed by atoms with Crippen molar-refractivity contribution >= 4 is 5.91 Å². The minimum Gasteiger partial charge on any atom is -0.345 e. The molecule has 3 N–H and O–H groups in total. The number of hydrogen-bond donors (Lipinski definition) is 2. The maximum atomic E-state index is 12.8. The summed E-state index contributed by atoms with van der Waals surface area (Å²) in [6, 6.07) is 12.3. The molecule has 4 nitrogen and oxygen atoms in total. The molecule has 0 radical (unpaired) electrons. The fourth-order valence-electron chi connectivity index (χ4n) is 3.78. The molecule has 0 unspecified atom stereocenters. The van der Waals surface area contributed by atoms with Crippen LogP contribution in [0.2, 0.25) is 0 Å². The standard InChI is InChI=1S/C20H27N3O/c1-15-12-18(19(24)22-20(14-21)10-6-7-11-20)16(2)23(15)13-17-8-4-3-5-9-17/h3-5,8-9,12H,6-7,10-11,13-14,21H2,1-2H3,(H,22,24). The van der Waals surface area contributed by atoms with Crippen molar-refractivity contribution in [3.63, 3.8) is 0 Å². The molecule has 1 heterocycles. The largest absolute Gasteiger partial charge is 0.345 e. The zero-order chi connectivity index (χ0) is 17.2. The Morgan fingerprint density at radius 2 is 1.88 bits per heavy atom. The summed E-state index contributed by atoms with van der Waals surface area (Å²) in [4.78, 5) is 12.8. The minimum absolute atomic E-state index is 0.00904. The number of carbonyl (C=O) groups excluding carboxylic acids is 1. The van der Waals surface area contributed by atoms with E-state index in [1.165, 1.54) is 5.56 Å². The van der Waals surface area contributed by atoms with Gasteiger partial charge in [-0.2, -0.15) is 0 Å². The molecule has 1 saturated carbocycles. The summed E-state index contributed by atoms with van der Waals surface area (Å²) in [5.74, 6) is 0.00904. The van der Waals surface area contributed by atoms with Gasteiger partial charge in [0.1, 0.15) is 0 Å². The molecule has 0 atom stereocenters. The molecular formula is C20H27N3O. The molecule has 3 rings (SSSR count). The highest BCUT2D eigenvalue weighted by molar-refractivity contribution is 5.96. The molecule has 1 aromatic carbocycles. The van der Waals surface area contributed by atoms with Crippen LogP contribution in [0.4, 0.5) is 0 Å². The predicted molar refractivity (Wildman–Crippen MR) is 97.2 cm³/mol. The number of carbonyl (C=O) groups is 1. The van der Waals surface area contributed by atoms with Gasteiger partial charge in [-0.25, -0.2) is 0 Å². The van der Waals surface area contributed by atoms with Crippen molar-refractivity contribution in [3.05, 3.63) is 58.9 Å². The molecular weight excluding hydrogens is 298 g/mol. The maximum absolute atomic E-state index is 12.8. The Hall–Kier alpha value is -2.07. The molecule has 0 bridgehead atoms. The van der Waals surface area contributed by atoms with E-state index >= 15 is 0 Å². The molecule has 1 aliphatic rings. The van der Waals surface area contributed by atoms with Crippen molar-refractivity contribution in [1.82, 2.24) is 9.88 Å². The van der Waals surface area contributed by atoms with Gasteiger partial charge >= 0.3 is 0 Å². The van der Waals surface area contributed by atoms with Crippen molar-refractivity contribution < 1.29 is 4.79 Å². The highest BCUT2D eigenvalue weighted by Crippen LogP contribution is 2.29. The van der Waals surface area contributed by atoms with E-state index in [0.29, 0.717) is 6.54 Å². The average Bonchev–Trinajstić information content (AvgIpc) is 3.16. The van der Waals surface area contributed by atoms with Crippen molar-refractivity contribution in [2.24, 2.45) is 5.73 Å². The first-order valence-electron chi connectivity index (χ1n) is 8.78. The molecule has 1 aromatic heterocycles. The number of aromatic nitrogens is 1. The third-order valence-corrected chi connectivity index (χ3v) is 5.33. The van der Waals surface area contributed by atoms with Crippen molar-refractivity contribution in [2.45, 2.75) is 51.6 Å². The van der Waals surface area contributed by atoms with Crippen LogP contribution in [-0.2, 0) is 6.54 Å². The third kappa shape index (κ3) is 3.24. The van der Waals surface area contributed by atoms with Gasteiger partial charge in [0.15, 0.2) is 0 Å². The second-order valence-corrected chi connectivity index (χ2v) is 7.00. The zero-order valence-corrected chi connectivity index (χ0v) is 14.6. The summed E-state index contributed by atoms with van der Waals surface area (Å²) in [6.07, 6.45) is 4.25. The Kier molecular flexibility index (Phi) is 4.76. The van der Waals surface area contributed by atoms with Crippen molar-refractivity contribution in [1.29, 1.82) is 0 Å². The summed E-state index contributed by atoms with van der Waals surface area (Å²) in [7, 11) is 0. The fourth-order valence-corrected chi connectivity index (χ4v) is 3.78. The van der Waals surface area contributed by atoms with E-state index in [4.69, 9.17) is 5.73 Å². The molecule has 0 saturated heterocycles. The highest BCUT2D eigenvalue weighted by Gasteiger charge is 2.34. The number of nitrogens with zero attached hydrogens (tertiary/aromatic N) is 1. The van der Waals surface area contributed by atoms with Crippen molar-refractivity contribution in [2.75, 3.05) is 6.54 Å². The van der Waals surface area contributed by atoms with E-state index in [-0.39, 0.29) is 11.4 Å². The maximum Gasteiger partial charge on any atom is 0.253 e. The second-order valence-electron chi connectivity index (χ2n) is 7.00. The topological polar surface area (TPSA) is 60.1 Å². The molecule has 128 valence electrons. The minimum atomic E-state index is -0.209. The van der Waals surface area contributed by atoms with Crippen LogP contribution in [0.1, 0.15) is 53.0 Å². The quantitative estimate of drug-likeness (QED) is 0.887. The van der Waals surface area contributed by atoms with Crippen LogP contribution in [0.25, 0.3) is 0 Å². The normalized spacial score (nSPS) is 16.3. The van der Waals surface area contributed by atoms with E-state index in [1.54, 1.807) is 0 Å². The van der Waals surface area contributed by atoms with Crippen LogP contribution in [0, 0.1) is 13.8 Å². The molecule has 1 fully saturated rings. The van der Waals surface area contributed by atoms with Gasteiger partial charge in [-0.3, -0.25) is 4.79 Å². The number of benzene rings is 1. The monoisotopic (exact) mass is 325 g/mol. The summed E-state index contributed by atoms with van der Waals surface area (Å²) < 4.78 is 2.20. The molecule has 24 heavy (non-hydrogen) atoms. The molecule has 4 heteroatoms. The van der Waals surface area contributed by atoms with Crippen LogP contribution in [-0.4, -0.2) is 22.6 Å². The number of aryl methyl sites for hydroxylation is 1. The summed E-state index contributed by atoms with van der Waals surface area (Å²) in [5, 5.41) is 3.23. The molecule has 0 spiro atoms. The Labute approximate surface area is 144 Å². The van der Waals surface area contributed by atoms with Gasteiger partial charge < -0.3 is 15.6 Å². The summed E-state index contributed by atoms with van der Waals surface area (Å²) in [5.41, 5.74) is 9.86. The molecule has 1 amide bonds. The van der Waals surface area contributed by atoms with E-state index < -0.39 is 0 Å². The first-order chi connectivity index (χ1) is 11.5. The number of rotatable bonds is 5. The van der Waals surface area contributed by atoms with Crippen LogP contribution in [0.5, 0.6) is 0 Å². The van der Waals surface area contributed by atoms with Gasteiger partial charge in [0.2, 0.25) is 0 Å². The zero-order valence-electron chi connectivity index (χ0n) is 14.6. The number of nitrogens with one attached hydrogen (secondary N) is 1. The lowest BCUT2D eigenvalue weighted by atomic mass is 9.97. The van der Waals surface area contributed by atoms with E-state index in [0.717, 1.165) is 49.2 Å². The SMILES string of the molecule is Cc1cc(C(=O)NC2(CN)CCCC2)c(C)n1Cc1ccccc1. The Morgan fingerprint density at radius 3 is 2.50 bits per heavy atom. The first-order valence-corrected chi connectivity index (χ1v) is 8.78. The predicted octanol–water partition coefficient (Wildman–Crippen LogP) is 3.15. The Morgan fingerprint density at radius 1 is 1.21 bits per heavy atom. The van der Waals surface area contributed by atoms with E-state index in [2.05, 4.69) is 28.9 Å². The van der Waals surface area contributed by atoms with Crippen LogP contribution in [0.15, 0.2) is 36.4 Å². The van der Waals surface area contributed by atoms with Gasteiger partial charge in [-0.05, 0) is 38.3 Å². The Balaban J connectivity index is 1.81. The van der Waals surface area contributed by atoms with Gasteiger partial charge in [0.05, 0.1) is 11.1 Å². The lowest BCUT2D eigenvalue weighted by Crippen LogP contribution is -2.51. The molecule has 0 aliphatic heterocycles. The van der Waals surface area contributed by atoms with E-state index in [1.807, 2.05) is 31.2 Å². The van der Waals surface area contributed by atoms with Crippen molar-refractivity contribution in [3.8, 4) is 0 Å². The number of hydrogen-bond acceptors (Lipinski definition) is 2. The lowest BCUT2D eigenvalue weighted by Gasteiger charge is -2.28. The summed E-state index contributed by atoms with van der Waals surface area (Å²) >= 11 is 0. The van der Waals surface area contributed by atoms with Crippen LogP contribution < -0.4 is 11.1 Å². The lowest BCUT2D eigenvalue weighted by molar-refractivity contribution is 0.0902. The third-order valence-electron chi connectivity index (χ3n) is 5.33. The molecule has 1 aliphatic carbocycles. The van der Waals surface area contributed by atoms with Gasteiger partial charge in [-0.15, -0.1) is 0 Å². The fraction of sp³-hybridized carbons (Fsp3) is 0.450. The van der Waals surface area contributed by atoms with Gasteiger partial charge in [0.25, 0.3) is 5.91 Å². The van der Waals surface area contributed by atoms with Crippen LogP contribution in [0.3, 0.4) is 0 Å². The average molecular weight is 325 g/mol. The van der Waals surface area contributed by atoms with Gasteiger partial charge in [0, 0.05) is 24.5 Å².